The number of nitrogens with one attached hydrogen (secondary N) is 2. The lowest BCUT2D eigenvalue weighted by Gasteiger charge is -2.50. The van der Waals surface area contributed by atoms with Crippen LogP contribution >= 0.6 is 34.7 Å². The van der Waals surface area contributed by atoms with Crippen LogP contribution in [0.4, 0.5) is 10.9 Å². The van der Waals surface area contributed by atoms with Crippen molar-refractivity contribution in [3.8, 4) is 23.0 Å². The zero-order chi connectivity index (χ0) is 38.2. The fourth-order valence-electron chi connectivity index (χ4n) is 6.31. The number of phenolic OH excluding ortho intramolecular Hbond substituents is 2. The standard InChI is InChI=1S/C32H35ClN8O10S2/c1-32(2,30(48)49)51-39-21(17-14-53-31(34)36-17)25(44)38-22-27(45)40-23(29(46)47)15(13-52-28(22)40)11-41(8-3-4-9-41)10-7-35-19-12-50-26(37-19)16-5-6-18(42)24(43)20(16)33/h5-6,12,14,22,28,35H,3-4,7-11,13H2,1-2H3,(H6-,34,36,37,38,39,42,43,44,46,47,48,49)/p+1/t22-,28-/m1/s1. The fourth-order valence-corrected chi connectivity index (χ4v) is 8.43. The molecule has 0 bridgehead atoms. The number of oxazole rings is 1. The summed E-state index contributed by atoms with van der Waals surface area (Å²) in [6.45, 7) is 5.57. The Morgan fingerprint density at radius 2 is 1.94 bits per heavy atom. The van der Waals surface area contributed by atoms with Gasteiger partial charge in [-0.25, -0.2) is 14.6 Å². The van der Waals surface area contributed by atoms with Gasteiger partial charge in [-0.1, -0.05) is 16.8 Å². The largest absolute Gasteiger partial charge is 0.504 e. The van der Waals surface area contributed by atoms with Crippen LogP contribution < -0.4 is 16.4 Å². The minimum absolute atomic E-state index is 0.0136. The number of β-lactam (4-membered cyclic amide) rings is 1. The van der Waals surface area contributed by atoms with Crippen LogP contribution in [0.5, 0.6) is 11.5 Å². The summed E-state index contributed by atoms with van der Waals surface area (Å²) < 4.78 is 6.12. The Balaban J connectivity index is 1.14. The molecular weight excluding hydrogens is 756 g/mol. The first-order valence-corrected chi connectivity index (χ1v) is 18.6. The van der Waals surface area contributed by atoms with Crippen LogP contribution in [-0.2, 0) is 24.0 Å². The lowest BCUT2D eigenvalue weighted by Crippen LogP contribution is -2.71. The number of benzene rings is 1. The van der Waals surface area contributed by atoms with Gasteiger partial charge in [0.1, 0.15) is 35.6 Å². The summed E-state index contributed by atoms with van der Waals surface area (Å²) in [5.41, 5.74) is 4.37. The van der Waals surface area contributed by atoms with E-state index >= 15 is 0 Å². The van der Waals surface area contributed by atoms with Gasteiger partial charge in [0, 0.05) is 29.5 Å². The number of thioether (sulfide) groups is 1. The van der Waals surface area contributed by atoms with E-state index in [-0.39, 0.29) is 33.2 Å². The number of nitrogens with two attached hydrogens (primary N) is 1. The van der Waals surface area contributed by atoms with Gasteiger partial charge in [0.2, 0.25) is 11.5 Å². The Kier molecular flexibility index (Phi) is 10.5. The number of aromatic nitrogens is 2. The Hall–Kier alpha value is -5.05. The van der Waals surface area contributed by atoms with Crippen LogP contribution in [-0.4, -0.2) is 125 Å². The highest BCUT2D eigenvalue weighted by atomic mass is 35.5. The molecule has 21 heteroatoms. The maximum Gasteiger partial charge on any atom is 0.352 e. The van der Waals surface area contributed by atoms with Crippen molar-refractivity contribution in [3.63, 3.8) is 0 Å². The zero-order valence-corrected chi connectivity index (χ0v) is 30.8. The van der Waals surface area contributed by atoms with Crippen molar-refractivity contribution in [2.45, 2.75) is 43.7 Å². The molecule has 2 aromatic heterocycles. The Bertz CT molecular complexity index is 2030. The number of nitrogens with zero attached hydrogens (tertiary/aromatic N) is 5. The highest BCUT2D eigenvalue weighted by molar-refractivity contribution is 8.00. The van der Waals surface area contributed by atoms with E-state index in [0.717, 1.165) is 37.3 Å². The molecule has 0 spiro atoms. The molecule has 2 saturated heterocycles. The molecule has 282 valence electrons. The highest BCUT2D eigenvalue weighted by Gasteiger charge is 2.55. The summed E-state index contributed by atoms with van der Waals surface area (Å²) in [5.74, 6) is -4.05. The topological polar surface area (TPSA) is 263 Å². The second-order valence-electron chi connectivity index (χ2n) is 13.2. The molecular formula is C32H36ClN8O10S2+. The van der Waals surface area contributed by atoms with Crippen molar-refractivity contribution in [3.05, 3.63) is 45.8 Å². The van der Waals surface area contributed by atoms with Gasteiger partial charge in [-0.05, 0) is 26.0 Å². The molecule has 2 fully saturated rings. The van der Waals surface area contributed by atoms with Crippen LogP contribution in [0, 0.1) is 0 Å². The number of likely N-dealkylation sites (tertiary alicyclic amines) is 1. The van der Waals surface area contributed by atoms with Gasteiger partial charge < -0.3 is 50.5 Å². The quantitative estimate of drug-likeness (QED) is 0.0407. The van der Waals surface area contributed by atoms with Crippen molar-refractivity contribution < 1.29 is 53.3 Å². The second kappa shape index (κ2) is 14.8. The third kappa shape index (κ3) is 7.57. The van der Waals surface area contributed by atoms with E-state index in [1.165, 1.54) is 54.3 Å². The predicted octanol–water partition coefficient (Wildman–Crippen LogP) is 2.49. The normalized spacial score (nSPS) is 19.8. The first-order chi connectivity index (χ1) is 25.1. The molecule has 18 nitrogen and oxygen atoms in total. The van der Waals surface area contributed by atoms with Crippen LogP contribution in [0.2, 0.25) is 5.02 Å². The maximum atomic E-state index is 13.5. The number of aromatic hydroxyl groups is 2. The molecule has 3 aliphatic rings. The molecule has 1 aromatic carbocycles. The predicted molar refractivity (Wildman–Crippen MR) is 193 cm³/mol. The number of quaternary nitrogens is 1. The molecule has 0 radical (unpaired) electrons. The van der Waals surface area contributed by atoms with Gasteiger partial charge >= 0.3 is 11.9 Å². The second-order valence-corrected chi connectivity index (χ2v) is 15.5. The SMILES string of the molecule is CC(C)(O/N=C(\C(=O)N[C@@H]1C(=O)N2C(C(=O)O)=C(C[N+]3(CCNc4coc(-c5ccc(O)c(O)c5Cl)n4)CCCC3)CS[C@H]12)c1csc(N)n1)C(=O)O. The number of phenols is 2. The number of carbonyl (C=O) groups excluding carboxylic acids is 2. The number of carbonyl (C=O) groups is 4. The fraction of sp³-hybridized carbons (Fsp3) is 0.406. The van der Waals surface area contributed by atoms with Gasteiger partial charge in [-0.3, -0.25) is 14.5 Å². The van der Waals surface area contributed by atoms with Gasteiger partial charge in [0.25, 0.3) is 11.8 Å². The number of anilines is 2. The molecule has 5 heterocycles. The van der Waals surface area contributed by atoms with E-state index in [0.29, 0.717) is 46.8 Å². The average Bonchev–Trinajstić information content (AvgIpc) is 3.88. The molecule has 8 N–H and O–H groups in total. The van der Waals surface area contributed by atoms with Gasteiger partial charge in [0.15, 0.2) is 28.2 Å². The van der Waals surface area contributed by atoms with Crippen LogP contribution in [0.3, 0.4) is 0 Å². The number of amides is 2. The summed E-state index contributed by atoms with van der Waals surface area (Å²) in [7, 11) is 0. The minimum atomic E-state index is -1.78. The lowest BCUT2D eigenvalue weighted by molar-refractivity contribution is -0.910. The zero-order valence-electron chi connectivity index (χ0n) is 28.4. The number of nitrogen functional groups attached to an aromatic ring is 1. The molecule has 6 rings (SSSR count). The maximum absolute atomic E-state index is 13.5. The number of halogens is 1. The van der Waals surface area contributed by atoms with Crippen molar-refractivity contribution in [1.29, 1.82) is 0 Å². The number of carboxylic acids is 2. The first kappa shape index (κ1) is 37.7. The number of fused-ring (bicyclic) bond motifs is 1. The lowest BCUT2D eigenvalue weighted by atomic mass is 10.0. The molecule has 2 atom stereocenters. The number of aliphatic carboxylic acids is 2. The average molecular weight is 792 g/mol. The third-order valence-corrected chi connectivity index (χ3v) is 11.6. The summed E-state index contributed by atoms with van der Waals surface area (Å²) in [4.78, 5) is 66.0. The molecule has 3 aromatic rings. The van der Waals surface area contributed by atoms with E-state index in [2.05, 4.69) is 25.8 Å². The van der Waals surface area contributed by atoms with Crippen molar-refractivity contribution in [2.75, 3.05) is 49.5 Å². The summed E-state index contributed by atoms with van der Waals surface area (Å²) >= 11 is 8.51. The molecule has 2 amide bonds. The van der Waals surface area contributed by atoms with Crippen molar-refractivity contribution in [1.82, 2.24) is 20.2 Å². The van der Waals surface area contributed by atoms with E-state index in [1.54, 1.807) is 0 Å². The van der Waals surface area contributed by atoms with E-state index in [9.17, 15) is 39.6 Å². The van der Waals surface area contributed by atoms with Gasteiger partial charge in [-0.2, -0.15) is 4.98 Å². The Morgan fingerprint density at radius 1 is 1.21 bits per heavy atom. The first-order valence-electron chi connectivity index (χ1n) is 16.3. The number of hydrogen-bond donors (Lipinski definition) is 7. The highest BCUT2D eigenvalue weighted by Crippen LogP contribution is 2.42. The third-order valence-electron chi connectivity index (χ3n) is 9.16. The van der Waals surface area contributed by atoms with E-state index in [1.807, 2.05) is 0 Å². The summed E-state index contributed by atoms with van der Waals surface area (Å²) in [6, 6.07) is 1.66. The number of thiazole rings is 1. The number of oxime groups is 1. The molecule has 3 aliphatic heterocycles. The molecule has 53 heavy (non-hydrogen) atoms. The van der Waals surface area contributed by atoms with E-state index in [4.69, 9.17) is 26.6 Å². The minimum Gasteiger partial charge on any atom is -0.504 e. The van der Waals surface area contributed by atoms with Gasteiger partial charge in [-0.15, -0.1) is 23.1 Å². The van der Waals surface area contributed by atoms with Crippen LogP contribution in [0.15, 0.2) is 44.6 Å². The van der Waals surface area contributed by atoms with E-state index < -0.39 is 52.2 Å². The molecule has 0 aliphatic carbocycles. The Labute approximate surface area is 314 Å². The van der Waals surface area contributed by atoms with Crippen molar-refractivity contribution >= 4 is 75.1 Å². The number of hydrogen-bond acceptors (Lipinski definition) is 15. The number of carboxylic acid groups (broad SMARTS) is 2. The van der Waals surface area contributed by atoms with Crippen LogP contribution in [0.1, 0.15) is 32.4 Å². The van der Waals surface area contributed by atoms with Crippen molar-refractivity contribution in [2.24, 2.45) is 5.16 Å². The molecule has 0 unspecified atom stereocenters. The summed E-state index contributed by atoms with van der Waals surface area (Å²) in [5, 5.41) is 49.7. The molecule has 0 saturated carbocycles. The van der Waals surface area contributed by atoms with Crippen LogP contribution in [0.25, 0.3) is 11.5 Å². The monoisotopic (exact) mass is 791 g/mol. The number of rotatable bonds is 14. The smallest absolute Gasteiger partial charge is 0.352 e. The Morgan fingerprint density at radius 3 is 2.60 bits per heavy atom. The summed E-state index contributed by atoms with van der Waals surface area (Å²) in [6.07, 6.45) is 3.30. The van der Waals surface area contributed by atoms with Gasteiger partial charge in [0.05, 0.1) is 36.8 Å².